The van der Waals surface area contributed by atoms with E-state index in [9.17, 15) is 4.79 Å². The minimum Gasteiger partial charge on any atom is -0.361 e. The number of aromatic nitrogens is 1. The van der Waals surface area contributed by atoms with E-state index in [1.165, 1.54) is 0 Å². The van der Waals surface area contributed by atoms with Crippen LogP contribution in [0, 0.1) is 13.8 Å². The van der Waals surface area contributed by atoms with E-state index in [1.807, 2.05) is 11.8 Å². The summed E-state index contributed by atoms with van der Waals surface area (Å²) in [6.07, 6.45) is 0. The second-order valence-electron chi connectivity index (χ2n) is 4.25. The van der Waals surface area contributed by atoms with Crippen molar-refractivity contribution in [3.8, 4) is 0 Å². The third-order valence-corrected chi connectivity index (χ3v) is 3.01. The van der Waals surface area contributed by atoms with E-state index in [0.29, 0.717) is 17.0 Å². The first-order valence-corrected chi connectivity index (χ1v) is 5.56. The maximum Gasteiger partial charge on any atom is 0.259 e. The van der Waals surface area contributed by atoms with Crippen LogP contribution in [0.3, 0.4) is 0 Å². The number of hydrogen-bond acceptors (Lipinski definition) is 4. The lowest BCUT2D eigenvalue weighted by molar-refractivity contribution is 0.0653. The van der Waals surface area contributed by atoms with Crippen LogP contribution >= 0.6 is 12.4 Å². The van der Waals surface area contributed by atoms with Crippen LogP contribution in [-0.2, 0) is 0 Å². The molecule has 2 rings (SSSR count). The Kier molecular flexibility index (Phi) is 4.54. The Labute approximate surface area is 107 Å². The molecule has 0 spiro atoms. The zero-order valence-corrected chi connectivity index (χ0v) is 11.1. The molecule has 96 valence electrons. The summed E-state index contributed by atoms with van der Waals surface area (Å²) in [6.45, 7) is 8.05. The van der Waals surface area contributed by atoms with Gasteiger partial charge in [0.05, 0.1) is 5.69 Å². The molecule has 0 bridgehead atoms. The Morgan fingerprint density at radius 2 is 2.24 bits per heavy atom. The molecular formula is C11H18ClN3O2. The monoisotopic (exact) mass is 259 g/mol. The third kappa shape index (κ3) is 2.61. The average Bonchev–Trinajstić information content (AvgIpc) is 2.58. The highest BCUT2D eigenvalue weighted by Crippen LogP contribution is 2.17. The van der Waals surface area contributed by atoms with Gasteiger partial charge >= 0.3 is 0 Å². The fraction of sp³-hybridized carbons (Fsp3) is 0.636. The summed E-state index contributed by atoms with van der Waals surface area (Å²) in [7, 11) is 0. The van der Waals surface area contributed by atoms with E-state index in [0.717, 1.165) is 19.6 Å². The number of nitrogens with one attached hydrogen (secondary N) is 1. The van der Waals surface area contributed by atoms with Gasteiger partial charge in [-0.2, -0.15) is 0 Å². The molecule has 1 fully saturated rings. The summed E-state index contributed by atoms with van der Waals surface area (Å²) in [5, 5.41) is 7.08. The van der Waals surface area contributed by atoms with Crippen LogP contribution in [0.1, 0.15) is 28.7 Å². The van der Waals surface area contributed by atoms with Gasteiger partial charge in [0.25, 0.3) is 5.91 Å². The van der Waals surface area contributed by atoms with Gasteiger partial charge in [0, 0.05) is 25.7 Å². The van der Waals surface area contributed by atoms with Gasteiger partial charge in [-0.05, 0) is 20.8 Å². The zero-order chi connectivity index (χ0) is 11.7. The van der Waals surface area contributed by atoms with Crippen molar-refractivity contribution in [3.05, 3.63) is 17.0 Å². The summed E-state index contributed by atoms with van der Waals surface area (Å²) < 4.78 is 5.03. The van der Waals surface area contributed by atoms with Crippen molar-refractivity contribution in [1.29, 1.82) is 0 Å². The molecule has 1 N–H and O–H groups in total. The SMILES string of the molecule is Cc1noc(C)c1C(=O)N1CCNC[C@@H]1C.Cl. The summed E-state index contributed by atoms with van der Waals surface area (Å²) in [5.74, 6) is 0.637. The molecule has 1 amide bonds. The number of hydrogen-bond donors (Lipinski definition) is 1. The van der Waals surface area contributed by atoms with Gasteiger partial charge in [-0.25, -0.2) is 0 Å². The molecule has 1 aliphatic rings. The van der Waals surface area contributed by atoms with Crippen LogP contribution in [0.2, 0.25) is 0 Å². The van der Waals surface area contributed by atoms with Crippen molar-refractivity contribution in [1.82, 2.24) is 15.4 Å². The smallest absolute Gasteiger partial charge is 0.259 e. The summed E-state index contributed by atoms with van der Waals surface area (Å²) >= 11 is 0. The first kappa shape index (κ1) is 14.0. The largest absolute Gasteiger partial charge is 0.361 e. The number of halogens is 1. The van der Waals surface area contributed by atoms with Crippen molar-refractivity contribution in [2.75, 3.05) is 19.6 Å². The number of carbonyl (C=O) groups is 1. The Morgan fingerprint density at radius 3 is 2.76 bits per heavy atom. The first-order chi connectivity index (χ1) is 7.61. The highest BCUT2D eigenvalue weighted by Gasteiger charge is 2.28. The molecule has 1 aliphatic heterocycles. The third-order valence-electron chi connectivity index (χ3n) is 3.01. The number of nitrogens with zero attached hydrogens (tertiary/aromatic N) is 2. The van der Waals surface area contributed by atoms with Crippen LogP contribution in [0.5, 0.6) is 0 Å². The molecule has 2 heterocycles. The normalized spacial score (nSPS) is 19.9. The number of amides is 1. The van der Waals surface area contributed by atoms with E-state index < -0.39 is 0 Å². The molecule has 17 heavy (non-hydrogen) atoms. The highest BCUT2D eigenvalue weighted by molar-refractivity contribution is 5.96. The summed E-state index contributed by atoms with van der Waals surface area (Å²) in [5.41, 5.74) is 1.29. The van der Waals surface area contributed by atoms with Crippen LogP contribution < -0.4 is 5.32 Å². The van der Waals surface area contributed by atoms with Gasteiger partial charge in [0.15, 0.2) is 0 Å². The summed E-state index contributed by atoms with van der Waals surface area (Å²) in [4.78, 5) is 14.2. The lowest BCUT2D eigenvalue weighted by atomic mass is 10.1. The minimum absolute atomic E-state index is 0. The fourth-order valence-corrected chi connectivity index (χ4v) is 2.07. The second-order valence-corrected chi connectivity index (χ2v) is 4.25. The molecule has 0 radical (unpaired) electrons. The van der Waals surface area contributed by atoms with Crippen molar-refractivity contribution in [3.63, 3.8) is 0 Å². The number of aryl methyl sites for hydroxylation is 2. The van der Waals surface area contributed by atoms with E-state index in [1.54, 1.807) is 13.8 Å². The maximum atomic E-state index is 12.3. The molecule has 0 aliphatic carbocycles. The van der Waals surface area contributed by atoms with Gasteiger partial charge in [0.2, 0.25) is 0 Å². The zero-order valence-electron chi connectivity index (χ0n) is 10.3. The molecular weight excluding hydrogens is 242 g/mol. The Morgan fingerprint density at radius 1 is 1.53 bits per heavy atom. The van der Waals surface area contributed by atoms with Gasteiger partial charge in [0.1, 0.15) is 11.3 Å². The fourth-order valence-electron chi connectivity index (χ4n) is 2.07. The predicted octanol–water partition coefficient (Wildman–Crippen LogP) is 1.15. The minimum atomic E-state index is 0. The molecule has 1 saturated heterocycles. The van der Waals surface area contributed by atoms with Gasteiger partial charge in [-0.1, -0.05) is 5.16 Å². The first-order valence-electron chi connectivity index (χ1n) is 5.56. The number of carbonyl (C=O) groups excluding carboxylic acids is 1. The quantitative estimate of drug-likeness (QED) is 0.822. The van der Waals surface area contributed by atoms with Gasteiger partial charge in [-0.3, -0.25) is 4.79 Å². The topological polar surface area (TPSA) is 58.4 Å². The molecule has 0 aromatic carbocycles. The standard InChI is InChI=1S/C11H17N3O2.ClH/c1-7-6-12-4-5-14(7)11(15)10-8(2)13-16-9(10)3;/h7,12H,4-6H2,1-3H3;1H/t7-;/m0./s1. The summed E-state index contributed by atoms with van der Waals surface area (Å²) in [6, 6.07) is 0.218. The van der Waals surface area contributed by atoms with E-state index in [4.69, 9.17) is 4.52 Å². The second kappa shape index (κ2) is 5.51. The number of rotatable bonds is 1. The molecule has 6 heteroatoms. The predicted molar refractivity (Wildman–Crippen MR) is 66.6 cm³/mol. The van der Waals surface area contributed by atoms with Crippen molar-refractivity contribution in [2.24, 2.45) is 0 Å². The molecule has 5 nitrogen and oxygen atoms in total. The molecule has 1 aromatic heterocycles. The molecule has 0 saturated carbocycles. The van der Waals surface area contributed by atoms with E-state index >= 15 is 0 Å². The van der Waals surface area contributed by atoms with E-state index in [2.05, 4.69) is 10.5 Å². The number of piperazine rings is 1. The average molecular weight is 260 g/mol. The Bertz CT molecular complexity index is 386. The maximum absolute atomic E-state index is 12.3. The Hall–Kier alpha value is -1.07. The molecule has 1 aromatic rings. The van der Waals surface area contributed by atoms with Crippen molar-refractivity contribution >= 4 is 18.3 Å². The van der Waals surface area contributed by atoms with Crippen LogP contribution in [0.25, 0.3) is 0 Å². The highest BCUT2D eigenvalue weighted by atomic mass is 35.5. The van der Waals surface area contributed by atoms with Gasteiger partial charge in [-0.15, -0.1) is 12.4 Å². The Balaban J connectivity index is 0.00000144. The van der Waals surface area contributed by atoms with Crippen LogP contribution in [0.4, 0.5) is 0 Å². The van der Waals surface area contributed by atoms with Crippen molar-refractivity contribution in [2.45, 2.75) is 26.8 Å². The lowest BCUT2D eigenvalue weighted by Crippen LogP contribution is -2.52. The molecule has 1 atom stereocenters. The van der Waals surface area contributed by atoms with Crippen LogP contribution in [-0.4, -0.2) is 41.6 Å². The lowest BCUT2D eigenvalue weighted by Gasteiger charge is -2.33. The molecule has 0 unspecified atom stereocenters. The van der Waals surface area contributed by atoms with Crippen LogP contribution in [0.15, 0.2) is 4.52 Å². The van der Waals surface area contributed by atoms with E-state index in [-0.39, 0.29) is 24.4 Å². The van der Waals surface area contributed by atoms with Gasteiger partial charge < -0.3 is 14.7 Å². The van der Waals surface area contributed by atoms with Crippen molar-refractivity contribution < 1.29 is 9.32 Å².